The third-order valence-corrected chi connectivity index (χ3v) is 2.99. The van der Waals surface area contributed by atoms with Crippen molar-refractivity contribution in [2.45, 2.75) is 11.3 Å². The van der Waals surface area contributed by atoms with Gasteiger partial charge in [-0.15, -0.1) is 13.2 Å². The van der Waals surface area contributed by atoms with Gasteiger partial charge in [-0.05, 0) is 12.1 Å². The summed E-state index contributed by atoms with van der Waals surface area (Å²) in [5.41, 5.74) is 0. The molecule has 1 rings (SSSR count). The van der Waals surface area contributed by atoms with E-state index in [0.717, 1.165) is 19.2 Å². The molecule has 0 saturated heterocycles. The molecule has 4 nitrogen and oxygen atoms in total. The summed E-state index contributed by atoms with van der Waals surface area (Å²) < 4.78 is 66.2. The van der Waals surface area contributed by atoms with E-state index < -0.39 is 26.1 Å². The monoisotopic (exact) mass is 290 g/mol. The molecule has 0 aliphatic heterocycles. The average molecular weight is 291 g/mol. The van der Waals surface area contributed by atoms with E-state index in [9.17, 15) is 21.6 Å². The zero-order valence-electron chi connectivity index (χ0n) is 8.29. The Kier molecular flexibility index (Phi) is 3.78. The van der Waals surface area contributed by atoms with Crippen LogP contribution >= 0.6 is 10.7 Å². The van der Waals surface area contributed by atoms with Gasteiger partial charge >= 0.3 is 6.36 Å². The number of methoxy groups -OCH3 is 1. The molecule has 9 heteroatoms. The van der Waals surface area contributed by atoms with Crippen LogP contribution in [0.25, 0.3) is 0 Å². The molecule has 0 aliphatic rings. The topological polar surface area (TPSA) is 52.6 Å². The second-order valence-corrected chi connectivity index (χ2v) is 5.36. The lowest BCUT2D eigenvalue weighted by Crippen LogP contribution is -2.17. The van der Waals surface area contributed by atoms with Crippen LogP contribution in [-0.4, -0.2) is 21.9 Å². The molecule has 0 spiro atoms. The highest BCUT2D eigenvalue weighted by Crippen LogP contribution is 2.34. The molecule has 1 aromatic rings. The summed E-state index contributed by atoms with van der Waals surface area (Å²) in [7, 11) is 1.97. The Balaban J connectivity index is 3.25. The highest BCUT2D eigenvalue weighted by Gasteiger charge is 2.33. The number of hydrogen-bond donors (Lipinski definition) is 0. The first-order valence-corrected chi connectivity index (χ1v) is 6.33. The summed E-state index contributed by atoms with van der Waals surface area (Å²) in [6.07, 6.45) is -4.96. The van der Waals surface area contributed by atoms with E-state index in [0.29, 0.717) is 6.07 Å². The SMILES string of the molecule is COc1ccc(S(=O)(=O)Cl)cc1OC(F)(F)F. The van der Waals surface area contributed by atoms with Crippen molar-refractivity contribution in [3.63, 3.8) is 0 Å². The fraction of sp³-hybridized carbons (Fsp3) is 0.250. The molecule has 1 aromatic carbocycles. The fourth-order valence-corrected chi connectivity index (χ4v) is 1.78. The Morgan fingerprint density at radius 2 is 1.82 bits per heavy atom. The van der Waals surface area contributed by atoms with Gasteiger partial charge in [0.1, 0.15) is 0 Å². The summed E-state index contributed by atoms with van der Waals surface area (Å²) in [6, 6.07) is 2.65. The van der Waals surface area contributed by atoms with Crippen molar-refractivity contribution in [3.8, 4) is 11.5 Å². The van der Waals surface area contributed by atoms with Crippen LogP contribution in [0.5, 0.6) is 11.5 Å². The van der Waals surface area contributed by atoms with Gasteiger partial charge in [-0.2, -0.15) is 0 Å². The van der Waals surface area contributed by atoms with E-state index in [1.807, 2.05) is 0 Å². The molecule has 0 saturated carbocycles. The highest BCUT2D eigenvalue weighted by atomic mass is 35.7. The third kappa shape index (κ3) is 3.97. The lowest BCUT2D eigenvalue weighted by Gasteiger charge is -2.12. The number of benzene rings is 1. The normalized spacial score (nSPS) is 12.3. The molecule has 0 radical (unpaired) electrons. The van der Waals surface area contributed by atoms with Gasteiger partial charge in [-0.25, -0.2) is 8.42 Å². The molecule has 17 heavy (non-hydrogen) atoms. The van der Waals surface area contributed by atoms with Crippen molar-refractivity contribution in [1.82, 2.24) is 0 Å². The predicted octanol–water partition coefficient (Wildman–Crippen LogP) is 2.52. The molecule has 0 fully saturated rings. The standard InChI is InChI=1S/C8H6ClF3O4S/c1-15-6-3-2-5(17(9,13)14)4-7(6)16-8(10,11)12/h2-4H,1H3. The van der Waals surface area contributed by atoms with Crippen LogP contribution in [0.3, 0.4) is 0 Å². The summed E-state index contributed by atoms with van der Waals surface area (Å²) in [4.78, 5) is -0.515. The number of alkyl halides is 3. The van der Waals surface area contributed by atoms with Gasteiger partial charge in [-0.1, -0.05) is 0 Å². The molecule has 0 heterocycles. The minimum absolute atomic E-state index is 0.258. The largest absolute Gasteiger partial charge is 0.573 e. The minimum Gasteiger partial charge on any atom is -0.493 e. The van der Waals surface area contributed by atoms with E-state index in [1.54, 1.807) is 0 Å². The van der Waals surface area contributed by atoms with Crippen molar-refractivity contribution in [3.05, 3.63) is 18.2 Å². The molecule has 0 unspecified atom stereocenters. The Morgan fingerprint density at radius 1 is 1.24 bits per heavy atom. The minimum atomic E-state index is -4.96. The predicted molar refractivity (Wildman–Crippen MR) is 52.7 cm³/mol. The quantitative estimate of drug-likeness (QED) is 0.803. The van der Waals surface area contributed by atoms with E-state index in [1.165, 1.54) is 0 Å². The van der Waals surface area contributed by atoms with Crippen molar-refractivity contribution < 1.29 is 31.1 Å². The van der Waals surface area contributed by atoms with Crippen LogP contribution in [-0.2, 0) is 9.05 Å². The van der Waals surface area contributed by atoms with Crippen LogP contribution in [0.4, 0.5) is 13.2 Å². The Morgan fingerprint density at radius 3 is 2.24 bits per heavy atom. The maximum Gasteiger partial charge on any atom is 0.573 e. The number of rotatable bonds is 3. The second kappa shape index (κ2) is 4.61. The van der Waals surface area contributed by atoms with Gasteiger partial charge in [0.15, 0.2) is 11.5 Å². The Bertz CT molecular complexity index is 512. The molecule has 0 aromatic heterocycles. The smallest absolute Gasteiger partial charge is 0.493 e. The van der Waals surface area contributed by atoms with Crippen LogP contribution < -0.4 is 9.47 Å². The van der Waals surface area contributed by atoms with Crippen LogP contribution in [0, 0.1) is 0 Å². The van der Waals surface area contributed by atoms with Crippen molar-refractivity contribution >= 4 is 19.7 Å². The second-order valence-electron chi connectivity index (χ2n) is 2.80. The van der Waals surface area contributed by atoms with E-state index in [4.69, 9.17) is 10.7 Å². The van der Waals surface area contributed by atoms with Gasteiger partial charge in [0.2, 0.25) is 0 Å². The van der Waals surface area contributed by atoms with Crippen LogP contribution in [0.1, 0.15) is 0 Å². The number of hydrogen-bond acceptors (Lipinski definition) is 4. The summed E-state index contributed by atoms with van der Waals surface area (Å²) >= 11 is 0. The molecule has 0 amide bonds. The maximum atomic E-state index is 12.0. The lowest BCUT2D eigenvalue weighted by molar-refractivity contribution is -0.275. The van der Waals surface area contributed by atoms with Gasteiger partial charge in [0, 0.05) is 16.7 Å². The summed E-state index contributed by atoms with van der Waals surface area (Å²) in [5.74, 6) is -1.03. The Labute approximate surface area is 99.3 Å². The molecule has 96 valence electrons. The lowest BCUT2D eigenvalue weighted by atomic mass is 10.3. The van der Waals surface area contributed by atoms with Crippen LogP contribution in [0.2, 0.25) is 0 Å². The Hall–Kier alpha value is -1.15. The van der Waals surface area contributed by atoms with E-state index in [-0.39, 0.29) is 5.75 Å². The molecule has 0 atom stereocenters. The van der Waals surface area contributed by atoms with Gasteiger partial charge in [0.05, 0.1) is 12.0 Å². The maximum absolute atomic E-state index is 12.0. The first-order chi connectivity index (χ1) is 7.63. The first kappa shape index (κ1) is 13.9. The molecule has 0 N–H and O–H groups in total. The van der Waals surface area contributed by atoms with Gasteiger partial charge in [0.25, 0.3) is 9.05 Å². The molecule has 0 bridgehead atoms. The van der Waals surface area contributed by atoms with Crippen LogP contribution in [0.15, 0.2) is 23.1 Å². The van der Waals surface area contributed by atoms with Gasteiger partial charge in [-0.3, -0.25) is 0 Å². The summed E-state index contributed by atoms with van der Waals surface area (Å²) in [5, 5.41) is 0. The summed E-state index contributed by atoms with van der Waals surface area (Å²) in [6.45, 7) is 0. The van der Waals surface area contributed by atoms with E-state index >= 15 is 0 Å². The van der Waals surface area contributed by atoms with Gasteiger partial charge < -0.3 is 9.47 Å². The zero-order chi connectivity index (χ0) is 13.3. The molecular formula is C8H6ClF3O4S. The van der Waals surface area contributed by atoms with Crippen molar-refractivity contribution in [2.75, 3.05) is 7.11 Å². The molecular weight excluding hydrogens is 285 g/mol. The van der Waals surface area contributed by atoms with Crippen molar-refractivity contribution in [1.29, 1.82) is 0 Å². The fourth-order valence-electron chi connectivity index (χ4n) is 1.01. The first-order valence-electron chi connectivity index (χ1n) is 4.02. The van der Waals surface area contributed by atoms with E-state index in [2.05, 4.69) is 9.47 Å². The zero-order valence-corrected chi connectivity index (χ0v) is 9.86. The average Bonchev–Trinajstić information content (AvgIpc) is 2.13. The molecule has 0 aliphatic carbocycles. The number of ether oxygens (including phenoxy) is 2. The highest BCUT2D eigenvalue weighted by molar-refractivity contribution is 8.13. The van der Waals surface area contributed by atoms with Crippen molar-refractivity contribution in [2.24, 2.45) is 0 Å². The number of halogens is 4. The third-order valence-electron chi connectivity index (χ3n) is 1.64.